The second-order valence-electron chi connectivity index (χ2n) is 5.59. The van der Waals surface area contributed by atoms with Gasteiger partial charge in [0.25, 0.3) is 0 Å². The molecule has 0 saturated heterocycles. The van der Waals surface area contributed by atoms with Crippen LogP contribution in [0, 0.1) is 0 Å². The summed E-state index contributed by atoms with van der Waals surface area (Å²) in [5.74, 6) is 0.789. The van der Waals surface area contributed by atoms with E-state index >= 15 is 0 Å². The van der Waals surface area contributed by atoms with Crippen molar-refractivity contribution in [1.82, 2.24) is 0 Å². The zero-order valence-corrected chi connectivity index (χ0v) is 12.7. The van der Waals surface area contributed by atoms with Crippen molar-refractivity contribution in [3.63, 3.8) is 0 Å². The Bertz CT molecular complexity index is 684. The first-order valence-electron chi connectivity index (χ1n) is 7.45. The molecule has 0 saturated carbocycles. The second kappa shape index (κ2) is 6.20. The molecule has 1 aliphatic rings. The molecule has 0 aliphatic carbocycles. The first-order chi connectivity index (χ1) is 10.7. The van der Waals surface area contributed by atoms with Gasteiger partial charge in [0.05, 0.1) is 13.5 Å². The van der Waals surface area contributed by atoms with Gasteiger partial charge in [-0.3, -0.25) is 4.79 Å². The van der Waals surface area contributed by atoms with E-state index in [2.05, 4.69) is 0 Å². The summed E-state index contributed by atoms with van der Waals surface area (Å²) in [5, 5.41) is 0. The minimum absolute atomic E-state index is 0.0171. The van der Waals surface area contributed by atoms with E-state index in [4.69, 9.17) is 10.5 Å². The Morgan fingerprint density at radius 1 is 1.23 bits per heavy atom. The maximum absolute atomic E-state index is 12.8. The summed E-state index contributed by atoms with van der Waals surface area (Å²) in [6.07, 6.45) is 1.12. The summed E-state index contributed by atoms with van der Waals surface area (Å²) in [4.78, 5) is 14.6. The monoisotopic (exact) mass is 296 g/mol. The van der Waals surface area contributed by atoms with Crippen LogP contribution in [0.25, 0.3) is 0 Å². The number of rotatable bonds is 3. The van der Waals surface area contributed by atoms with Crippen molar-refractivity contribution >= 4 is 11.6 Å². The van der Waals surface area contributed by atoms with Crippen LogP contribution in [0.5, 0.6) is 5.75 Å². The number of benzene rings is 2. The zero-order valence-electron chi connectivity index (χ0n) is 12.7. The molecule has 1 aliphatic heterocycles. The van der Waals surface area contributed by atoms with Gasteiger partial charge in [0, 0.05) is 23.8 Å². The molecule has 2 aromatic carbocycles. The highest BCUT2D eigenvalue weighted by atomic mass is 16.5. The van der Waals surface area contributed by atoms with Crippen molar-refractivity contribution in [3.05, 3.63) is 59.7 Å². The molecular formula is C18H20N2O2. The normalized spacial score (nSPS) is 17.0. The van der Waals surface area contributed by atoms with Crippen LogP contribution < -0.4 is 15.4 Å². The average molecular weight is 296 g/mol. The summed E-state index contributed by atoms with van der Waals surface area (Å²) in [5.41, 5.74) is 9.11. The molecule has 114 valence electrons. The van der Waals surface area contributed by atoms with Crippen molar-refractivity contribution in [2.24, 2.45) is 5.73 Å². The van der Waals surface area contributed by atoms with Crippen molar-refractivity contribution in [1.29, 1.82) is 0 Å². The van der Waals surface area contributed by atoms with Crippen LogP contribution in [0.1, 0.15) is 11.1 Å². The fourth-order valence-corrected chi connectivity index (χ4v) is 2.97. The van der Waals surface area contributed by atoms with Gasteiger partial charge in [-0.2, -0.15) is 0 Å². The number of amides is 1. The highest BCUT2D eigenvalue weighted by Gasteiger charge is 2.26. The maximum Gasteiger partial charge on any atom is 0.231 e. The summed E-state index contributed by atoms with van der Waals surface area (Å²) in [6.45, 7) is 0.561. The van der Waals surface area contributed by atoms with Gasteiger partial charge < -0.3 is 15.4 Å². The molecule has 0 aromatic heterocycles. The highest BCUT2D eigenvalue weighted by molar-refractivity contribution is 5.96. The minimum Gasteiger partial charge on any atom is -0.496 e. The molecule has 1 atom stereocenters. The van der Waals surface area contributed by atoms with E-state index in [0.717, 1.165) is 29.0 Å². The SMILES string of the molecule is COc1ccccc1CC(=O)N1CC(N)Cc2ccccc21. The van der Waals surface area contributed by atoms with Gasteiger partial charge in [0.1, 0.15) is 5.75 Å². The van der Waals surface area contributed by atoms with Gasteiger partial charge in [-0.15, -0.1) is 0 Å². The second-order valence-corrected chi connectivity index (χ2v) is 5.59. The Labute approximate surface area is 130 Å². The molecule has 3 rings (SSSR count). The lowest BCUT2D eigenvalue weighted by Gasteiger charge is -2.33. The van der Waals surface area contributed by atoms with Gasteiger partial charge >= 0.3 is 0 Å². The quantitative estimate of drug-likeness (QED) is 0.944. The van der Waals surface area contributed by atoms with Crippen molar-refractivity contribution < 1.29 is 9.53 Å². The Balaban J connectivity index is 1.86. The van der Waals surface area contributed by atoms with Gasteiger partial charge in [-0.05, 0) is 24.1 Å². The van der Waals surface area contributed by atoms with Crippen LogP contribution >= 0.6 is 0 Å². The highest BCUT2D eigenvalue weighted by Crippen LogP contribution is 2.28. The summed E-state index contributed by atoms with van der Waals surface area (Å²) in [7, 11) is 1.62. The van der Waals surface area contributed by atoms with E-state index in [1.807, 2.05) is 48.5 Å². The predicted molar refractivity (Wildman–Crippen MR) is 87.2 cm³/mol. The van der Waals surface area contributed by atoms with Crippen LogP contribution in [0.3, 0.4) is 0 Å². The molecule has 4 nitrogen and oxygen atoms in total. The van der Waals surface area contributed by atoms with Crippen LogP contribution in [0.15, 0.2) is 48.5 Å². The number of fused-ring (bicyclic) bond motifs is 1. The predicted octanol–water partition coefficient (Wildman–Crippen LogP) is 2.15. The standard InChI is InChI=1S/C18H20N2O2/c1-22-17-9-5-3-7-14(17)11-18(21)20-12-15(19)10-13-6-2-4-8-16(13)20/h2-9,15H,10-12,19H2,1H3. The van der Waals surface area contributed by atoms with Crippen LogP contribution in [0.2, 0.25) is 0 Å². The van der Waals surface area contributed by atoms with Crippen LogP contribution in [0.4, 0.5) is 5.69 Å². The van der Waals surface area contributed by atoms with Crippen LogP contribution in [-0.2, 0) is 17.6 Å². The number of nitrogens with zero attached hydrogens (tertiary/aromatic N) is 1. The number of methoxy groups -OCH3 is 1. The molecule has 1 unspecified atom stereocenters. The smallest absolute Gasteiger partial charge is 0.231 e. The first kappa shape index (κ1) is 14.6. The molecule has 2 N–H and O–H groups in total. The van der Waals surface area contributed by atoms with E-state index in [9.17, 15) is 4.79 Å². The topological polar surface area (TPSA) is 55.6 Å². The molecular weight excluding hydrogens is 276 g/mol. The Hall–Kier alpha value is -2.33. The summed E-state index contributed by atoms with van der Waals surface area (Å²) in [6, 6.07) is 15.6. The Morgan fingerprint density at radius 3 is 2.77 bits per heavy atom. The van der Waals surface area contributed by atoms with E-state index in [0.29, 0.717) is 13.0 Å². The third-order valence-corrected chi connectivity index (χ3v) is 4.02. The number of hydrogen-bond donors (Lipinski definition) is 1. The lowest BCUT2D eigenvalue weighted by Crippen LogP contribution is -2.46. The maximum atomic E-state index is 12.8. The zero-order chi connectivity index (χ0) is 15.5. The molecule has 0 bridgehead atoms. The third kappa shape index (κ3) is 2.83. The van der Waals surface area contributed by atoms with Gasteiger partial charge in [-0.25, -0.2) is 0 Å². The molecule has 0 spiro atoms. The number of nitrogens with two attached hydrogens (primary N) is 1. The number of carbonyl (C=O) groups excluding carboxylic acids is 1. The molecule has 1 heterocycles. The number of ether oxygens (including phenoxy) is 1. The molecule has 22 heavy (non-hydrogen) atoms. The van der Waals surface area contributed by atoms with E-state index in [1.165, 1.54) is 0 Å². The number of hydrogen-bond acceptors (Lipinski definition) is 3. The molecule has 0 radical (unpaired) electrons. The van der Waals surface area contributed by atoms with E-state index in [-0.39, 0.29) is 11.9 Å². The van der Waals surface area contributed by atoms with Gasteiger partial charge in [0.2, 0.25) is 5.91 Å². The molecule has 4 heteroatoms. The lowest BCUT2D eigenvalue weighted by atomic mass is 9.97. The fraction of sp³-hybridized carbons (Fsp3) is 0.278. The third-order valence-electron chi connectivity index (χ3n) is 4.02. The lowest BCUT2D eigenvalue weighted by molar-refractivity contribution is -0.118. The fourth-order valence-electron chi connectivity index (χ4n) is 2.97. The van der Waals surface area contributed by atoms with E-state index < -0.39 is 0 Å². The number of para-hydroxylation sites is 2. The number of carbonyl (C=O) groups is 1. The van der Waals surface area contributed by atoms with Crippen molar-refractivity contribution in [3.8, 4) is 5.75 Å². The van der Waals surface area contributed by atoms with Crippen molar-refractivity contribution in [2.45, 2.75) is 18.9 Å². The molecule has 0 fully saturated rings. The summed E-state index contributed by atoms with van der Waals surface area (Å²) < 4.78 is 5.33. The Kier molecular flexibility index (Phi) is 4.11. The summed E-state index contributed by atoms with van der Waals surface area (Å²) >= 11 is 0. The minimum atomic E-state index is -0.0171. The number of anilines is 1. The molecule has 1 amide bonds. The average Bonchev–Trinajstić information content (AvgIpc) is 2.54. The van der Waals surface area contributed by atoms with Gasteiger partial charge in [-0.1, -0.05) is 36.4 Å². The molecule has 2 aromatic rings. The van der Waals surface area contributed by atoms with Crippen LogP contribution in [-0.4, -0.2) is 25.6 Å². The first-order valence-corrected chi connectivity index (χ1v) is 7.45. The largest absolute Gasteiger partial charge is 0.496 e. The van der Waals surface area contributed by atoms with Crippen molar-refractivity contribution in [2.75, 3.05) is 18.6 Å². The van der Waals surface area contributed by atoms with E-state index in [1.54, 1.807) is 12.0 Å². The van der Waals surface area contributed by atoms with Gasteiger partial charge in [0.15, 0.2) is 0 Å². The Morgan fingerprint density at radius 2 is 1.95 bits per heavy atom.